The summed E-state index contributed by atoms with van der Waals surface area (Å²) in [6.45, 7) is 1.68. The number of alkyl halides is 2. The van der Waals surface area contributed by atoms with Gasteiger partial charge in [-0.3, -0.25) is 4.79 Å². The zero-order valence-corrected chi connectivity index (χ0v) is 12.1. The first kappa shape index (κ1) is 15.4. The van der Waals surface area contributed by atoms with Gasteiger partial charge in [-0.15, -0.1) is 23.2 Å². The minimum atomic E-state index is -0.621. The molecule has 1 rings (SSSR count). The van der Waals surface area contributed by atoms with Crippen molar-refractivity contribution < 1.29 is 9.53 Å². The van der Waals surface area contributed by atoms with E-state index < -0.39 is 5.54 Å². The molecule has 1 aromatic carbocycles. The molecule has 6 heteroatoms. The lowest BCUT2D eigenvalue weighted by molar-refractivity contribution is -0.124. The summed E-state index contributed by atoms with van der Waals surface area (Å²) in [5, 5.41) is 3.33. The molecule has 0 aliphatic carbocycles. The molecule has 0 fully saturated rings. The van der Waals surface area contributed by atoms with Gasteiger partial charge in [0.1, 0.15) is 5.75 Å². The summed E-state index contributed by atoms with van der Waals surface area (Å²) < 4.78 is 5.30. The fourth-order valence-electron chi connectivity index (χ4n) is 1.15. The highest BCUT2D eigenvalue weighted by Crippen LogP contribution is 2.15. The largest absolute Gasteiger partial charge is 0.484 e. The number of carbonyl (C=O) groups is 1. The van der Waals surface area contributed by atoms with Crippen molar-refractivity contribution >= 4 is 40.7 Å². The third-order valence-corrected chi connectivity index (χ3v) is 3.65. The van der Waals surface area contributed by atoms with Gasteiger partial charge in [-0.25, -0.2) is 0 Å². The van der Waals surface area contributed by atoms with Crippen LogP contribution in [0.1, 0.15) is 6.92 Å². The molecule has 18 heavy (non-hydrogen) atoms. The average Bonchev–Trinajstić information content (AvgIpc) is 2.38. The lowest BCUT2D eigenvalue weighted by Gasteiger charge is -2.25. The van der Waals surface area contributed by atoms with Crippen molar-refractivity contribution in [1.82, 2.24) is 5.32 Å². The Morgan fingerprint density at radius 1 is 1.28 bits per heavy atom. The van der Waals surface area contributed by atoms with E-state index in [4.69, 9.17) is 39.5 Å². The zero-order valence-electron chi connectivity index (χ0n) is 9.88. The molecule has 0 heterocycles. The molecule has 0 unspecified atom stereocenters. The summed E-state index contributed by atoms with van der Waals surface area (Å²) in [5.41, 5.74) is -0.621. The summed E-state index contributed by atoms with van der Waals surface area (Å²) in [4.78, 5) is 11.6. The Kier molecular flexibility index (Phi) is 6.06. The Morgan fingerprint density at radius 2 is 1.83 bits per heavy atom. The van der Waals surface area contributed by atoms with Gasteiger partial charge in [0.05, 0.1) is 5.54 Å². The summed E-state index contributed by atoms with van der Waals surface area (Å²) in [6.07, 6.45) is 0. The number of carbonyl (C=O) groups excluding carboxylic acids is 1. The van der Waals surface area contributed by atoms with Crippen LogP contribution in [0, 0.1) is 0 Å². The molecule has 0 saturated heterocycles. The van der Waals surface area contributed by atoms with Gasteiger partial charge < -0.3 is 10.1 Å². The van der Waals surface area contributed by atoms with E-state index >= 15 is 0 Å². The third kappa shape index (κ3) is 4.92. The van der Waals surface area contributed by atoms with E-state index in [0.717, 1.165) is 0 Å². The number of amides is 1. The number of ether oxygens (including phenoxy) is 1. The van der Waals surface area contributed by atoms with Gasteiger partial charge in [0, 0.05) is 16.8 Å². The Balaban J connectivity index is 2.44. The molecule has 1 aromatic rings. The van der Waals surface area contributed by atoms with Crippen LogP contribution in [-0.4, -0.2) is 29.8 Å². The molecular weight excluding hydrogens is 296 g/mol. The molecule has 0 aliphatic heterocycles. The molecule has 0 atom stereocenters. The molecule has 100 valence electrons. The molecule has 0 radical (unpaired) electrons. The van der Waals surface area contributed by atoms with E-state index in [-0.39, 0.29) is 24.3 Å². The van der Waals surface area contributed by atoms with Crippen LogP contribution in [0.15, 0.2) is 24.3 Å². The smallest absolute Gasteiger partial charge is 0.258 e. The minimum Gasteiger partial charge on any atom is -0.484 e. The lowest BCUT2D eigenvalue weighted by atomic mass is 10.1. The van der Waals surface area contributed by atoms with Gasteiger partial charge in [0.15, 0.2) is 6.61 Å². The number of rotatable bonds is 6. The van der Waals surface area contributed by atoms with Gasteiger partial charge in [-0.1, -0.05) is 11.6 Å². The van der Waals surface area contributed by atoms with Gasteiger partial charge >= 0.3 is 0 Å². The van der Waals surface area contributed by atoms with Crippen LogP contribution in [0.5, 0.6) is 5.75 Å². The summed E-state index contributed by atoms with van der Waals surface area (Å²) in [6, 6.07) is 6.77. The predicted octanol–water partition coefficient (Wildman–Crippen LogP) is 3.07. The van der Waals surface area contributed by atoms with Crippen LogP contribution in [-0.2, 0) is 4.79 Å². The molecular formula is C12H14Cl3NO2. The second-order valence-corrected chi connectivity index (χ2v) is 5.09. The summed E-state index contributed by atoms with van der Waals surface area (Å²) >= 11 is 17.2. The fourth-order valence-corrected chi connectivity index (χ4v) is 1.70. The SMILES string of the molecule is CC(CCl)(CCl)NC(=O)COc1ccc(Cl)cc1. The highest BCUT2D eigenvalue weighted by Gasteiger charge is 2.24. The van der Waals surface area contributed by atoms with Crippen LogP contribution < -0.4 is 10.1 Å². The average molecular weight is 311 g/mol. The Hall–Kier alpha value is -0.640. The minimum absolute atomic E-state index is 0.0923. The van der Waals surface area contributed by atoms with E-state index in [2.05, 4.69) is 5.32 Å². The quantitative estimate of drug-likeness (QED) is 0.820. The fraction of sp³-hybridized carbons (Fsp3) is 0.417. The maximum atomic E-state index is 11.6. The van der Waals surface area contributed by atoms with Crippen molar-refractivity contribution in [2.24, 2.45) is 0 Å². The number of halogens is 3. The Labute approximate surface area is 121 Å². The van der Waals surface area contributed by atoms with Gasteiger partial charge in [0.2, 0.25) is 0 Å². The number of hydrogen-bond acceptors (Lipinski definition) is 2. The second-order valence-electron chi connectivity index (χ2n) is 4.12. The van der Waals surface area contributed by atoms with Crippen molar-refractivity contribution in [2.45, 2.75) is 12.5 Å². The van der Waals surface area contributed by atoms with Crippen LogP contribution in [0.2, 0.25) is 5.02 Å². The van der Waals surface area contributed by atoms with Gasteiger partial charge in [-0.05, 0) is 31.2 Å². The van der Waals surface area contributed by atoms with E-state index in [1.54, 1.807) is 31.2 Å². The van der Waals surface area contributed by atoms with Crippen LogP contribution in [0.25, 0.3) is 0 Å². The zero-order chi connectivity index (χ0) is 13.6. The molecule has 0 spiro atoms. The summed E-state index contributed by atoms with van der Waals surface area (Å²) in [7, 11) is 0. The maximum absolute atomic E-state index is 11.6. The van der Waals surface area contributed by atoms with E-state index in [0.29, 0.717) is 10.8 Å². The Bertz CT molecular complexity index is 391. The van der Waals surface area contributed by atoms with Crippen LogP contribution >= 0.6 is 34.8 Å². The molecule has 0 saturated carbocycles. The van der Waals surface area contributed by atoms with Crippen molar-refractivity contribution in [1.29, 1.82) is 0 Å². The topological polar surface area (TPSA) is 38.3 Å². The predicted molar refractivity (Wildman–Crippen MR) is 74.9 cm³/mol. The number of hydrogen-bond donors (Lipinski definition) is 1. The van der Waals surface area contributed by atoms with Gasteiger partial charge in [0.25, 0.3) is 5.91 Å². The van der Waals surface area contributed by atoms with Crippen molar-refractivity contribution in [3.8, 4) is 5.75 Å². The molecule has 0 bridgehead atoms. The van der Waals surface area contributed by atoms with Crippen molar-refractivity contribution in [3.05, 3.63) is 29.3 Å². The highest BCUT2D eigenvalue weighted by atomic mass is 35.5. The third-order valence-electron chi connectivity index (χ3n) is 2.21. The standard InChI is InChI=1S/C12H14Cl3NO2/c1-12(7-13,8-14)16-11(17)6-18-10-4-2-9(15)3-5-10/h2-5H,6-8H2,1H3,(H,16,17). The first-order chi connectivity index (χ1) is 8.49. The first-order valence-electron chi connectivity index (χ1n) is 5.30. The molecule has 1 N–H and O–H groups in total. The normalized spacial score (nSPS) is 11.1. The first-order valence-corrected chi connectivity index (χ1v) is 6.75. The second kappa shape index (κ2) is 7.07. The summed E-state index contributed by atoms with van der Waals surface area (Å²) in [5.74, 6) is 0.786. The van der Waals surface area contributed by atoms with E-state index in [1.165, 1.54) is 0 Å². The Morgan fingerprint density at radius 3 is 2.33 bits per heavy atom. The molecule has 0 aromatic heterocycles. The number of benzene rings is 1. The lowest BCUT2D eigenvalue weighted by Crippen LogP contribution is -2.50. The molecule has 3 nitrogen and oxygen atoms in total. The van der Waals surface area contributed by atoms with Crippen molar-refractivity contribution in [2.75, 3.05) is 18.4 Å². The highest BCUT2D eigenvalue weighted by molar-refractivity contribution is 6.30. The maximum Gasteiger partial charge on any atom is 0.258 e. The van der Waals surface area contributed by atoms with Crippen molar-refractivity contribution in [3.63, 3.8) is 0 Å². The number of nitrogens with one attached hydrogen (secondary N) is 1. The molecule has 0 aliphatic rings. The van der Waals surface area contributed by atoms with Crippen LogP contribution in [0.3, 0.4) is 0 Å². The van der Waals surface area contributed by atoms with E-state index in [1.807, 2.05) is 0 Å². The monoisotopic (exact) mass is 309 g/mol. The van der Waals surface area contributed by atoms with E-state index in [9.17, 15) is 4.79 Å². The van der Waals surface area contributed by atoms with Crippen LogP contribution in [0.4, 0.5) is 0 Å². The van der Waals surface area contributed by atoms with Gasteiger partial charge in [-0.2, -0.15) is 0 Å². The molecule has 1 amide bonds.